The van der Waals surface area contributed by atoms with E-state index in [2.05, 4.69) is 200 Å². The van der Waals surface area contributed by atoms with E-state index in [9.17, 15) is 0 Å². The Morgan fingerprint density at radius 3 is 1.19 bits per heavy atom. The quantitative estimate of drug-likeness (QED) is 0.114. The van der Waals surface area contributed by atoms with Gasteiger partial charge in [-0.2, -0.15) is 0 Å². The fourth-order valence-corrected chi connectivity index (χ4v) is 42.3. The zero-order chi connectivity index (χ0) is 41.0. The number of hydrogen-bond donors (Lipinski definition) is 0. The second-order valence-electron chi connectivity index (χ2n) is 17.6. The monoisotopic (exact) mass is 893 g/mol. The summed E-state index contributed by atoms with van der Waals surface area (Å²) in [7, 11) is 17.9. The Hall–Kier alpha value is -3.52. The summed E-state index contributed by atoms with van der Waals surface area (Å²) >= 11 is -5.06. The van der Waals surface area contributed by atoms with Crippen LogP contribution >= 0.6 is 17.0 Å². The summed E-state index contributed by atoms with van der Waals surface area (Å²) in [5.41, 5.74) is 21.1. The third-order valence-electron chi connectivity index (χ3n) is 13.5. The Morgan fingerprint density at radius 1 is 0.483 bits per heavy atom. The van der Waals surface area contributed by atoms with Gasteiger partial charge in [-0.3, -0.25) is 0 Å². The number of benzene rings is 6. The molecule has 2 atom stereocenters. The van der Waals surface area contributed by atoms with Crippen molar-refractivity contribution in [3.63, 3.8) is 0 Å². The molecule has 58 heavy (non-hydrogen) atoms. The van der Waals surface area contributed by atoms with Crippen LogP contribution in [-0.2, 0) is 15.6 Å². The molecule has 0 nitrogen and oxygen atoms in total. The fourth-order valence-electron chi connectivity index (χ4n) is 10.5. The summed E-state index contributed by atoms with van der Waals surface area (Å²) in [6.45, 7) is 18.8. The van der Waals surface area contributed by atoms with Crippen molar-refractivity contribution in [2.24, 2.45) is 0 Å². The van der Waals surface area contributed by atoms with Gasteiger partial charge in [0.05, 0.1) is 0 Å². The molecule has 0 N–H and O–H groups in total. The average molecular weight is 896 g/mol. The van der Waals surface area contributed by atoms with Crippen LogP contribution in [0.4, 0.5) is 0 Å². The second-order valence-corrected chi connectivity index (χ2v) is 60.1. The van der Waals surface area contributed by atoms with Gasteiger partial charge >= 0.3 is 360 Å². The van der Waals surface area contributed by atoms with Crippen molar-refractivity contribution in [1.82, 2.24) is 0 Å². The van der Waals surface area contributed by atoms with Crippen molar-refractivity contribution in [3.8, 4) is 44.5 Å². The first-order chi connectivity index (χ1) is 27.9. The zero-order valence-electron chi connectivity index (χ0n) is 35.4. The molecule has 2 aliphatic carbocycles. The van der Waals surface area contributed by atoms with Crippen molar-refractivity contribution in [1.29, 1.82) is 0 Å². The zero-order valence-corrected chi connectivity index (χ0v) is 40.5. The number of hydrogen-bond acceptors (Lipinski definition) is 0. The van der Waals surface area contributed by atoms with Gasteiger partial charge in [-0.1, -0.05) is 0 Å². The maximum atomic E-state index is 8.97. The average Bonchev–Trinajstić information content (AvgIpc) is 3.84. The van der Waals surface area contributed by atoms with Crippen LogP contribution in [0, 0.1) is 0 Å². The minimum absolute atomic E-state index is 0.0253. The Morgan fingerprint density at radius 2 is 0.845 bits per heavy atom. The van der Waals surface area contributed by atoms with Gasteiger partial charge in [0.25, 0.3) is 0 Å². The van der Waals surface area contributed by atoms with Crippen LogP contribution in [-0.4, -0.2) is 5.92 Å². The molecule has 6 aromatic rings. The molecular weight excluding hydrogens is 839 g/mol. The standard InChI is InChI=1S/2C26H25.C2H7Si.2ClH.Zr/c2*1-4-19-16-21-14-15-23(20-10-6-5-7-11-20)26(25(21)17-19)24-13-9-8-12-22(24)18(2)3;1-3-2;;;/h2*5-18H,4H2,1-3H3;3H,1-2H3;2*1H;/q;;;;;+2/p-2. The molecule has 295 valence electrons. The summed E-state index contributed by atoms with van der Waals surface area (Å²) in [5, 5.41) is 0. The van der Waals surface area contributed by atoms with Crippen molar-refractivity contribution in [2.75, 3.05) is 0 Å². The van der Waals surface area contributed by atoms with E-state index >= 15 is 0 Å². The molecule has 2 unspecified atom stereocenters. The molecule has 0 fully saturated rings. The fraction of sp³-hybridized carbons (Fsp3) is 0.259. The van der Waals surface area contributed by atoms with Crippen LogP contribution in [0.1, 0.15) is 107 Å². The van der Waals surface area contributed by atoms with E-state index in [1.807, 2.05) is 0 Å². The molecular formula is C54H57Cl2SiZr. The van der Waals surface area contributed by atoms with Crippen LogP contribution < -0.4 is 0 Å². The molecule has 0 bridgehead atoms. The summed E-state index contributed by atoms with van der Waals surface area (Å²) in [6.07, 6.45) is 6.89. The van der Waals surface area contributed by atoms with E-state index in [0.717, 1.165) is 12.8 Å². The van der Waals surface area contributed by atoms with E-state index in [-0.39, 0.29) is 7.25 Å². The van der Waals surface area contributed by atoms with Gasteiger partial charge in [0.2, 0.25) is 0 Å². The molecule has 2 aliphatic rings. The molecule has 0 aromatic heterocycles. The first kappa shape index (κ1) is 41.2. The maximum absolute atomic E-state index is 8.97. The molecule has 0 heterocycles. The molecule has 6 aromatic carbocycles. The van der Waals surface area contributed by atoms with Crippen LogP contribution in [0.5, 0.6) is 0 Å². The Kier molecular flexibility index (Phi) is 11.5. The first-order valence-corrected chi connectivity index (χ1v) is 37.8. The minimum atomic E-state index is -5.06. The van der Waals surface area contributed by atoms with Crippen molar-refractivity contribution >= 4 is 35.1 Å². The van der Waals surface area contributed by atoms with Gasteiger partial charge in [-0.25, -0.2) is 0 Å². The first-order valence-electron chi connectivity index (χ1n) is 21.5. The van der Waals surface area contributed by atoms with E-state index in [1.165, 1.54) is 89.0 Å². The van der Waals surface area contributed by atoms with E-state index in [0.29, 0.717) is 11.8 Å². The molecule has 0 radical (unpaired) electrons. The van der Waals surface area contributed by atoms with Gasteiger partial charge < -0.3 is 0 Å². The van der Waals surface area contributed by atoms with Crippen LogP contribution in [0.25, 0.3) is 56.7 Å². The molecule has 0 saturated heterocycles. The number of fused-ring (bicyclic) bond motifs is 2. The number of halogens is 2. The third kappa shape index (κ3) is 6.66. The van der Waals surface area contributed by atoms with E-state index in [1.54, 1.807) is 0 Å². The Bertz CT molecular complexity index is 2390. The molecule has 0 saturated carbocycles. The molecule has 4 heteroatoms. The van der Waals surface area contributed by atoms with Gasteiger partial charge in [-0.05, 0) is 0 Å². The van der Waals surface area contributed by atoms with Crippen LogP contribution in [0.15, 0.2) is 145 Å². The Balaban J connectivity index is 1.42. The topological polar surface area (TPSA) is 0 Å². The van der Waals surface area contributed by atoms with Crippen molar-refractivity contribution in [2.45, 2.75) is 86.6 Å². The SMILES string of the molecule is CCC1=Cc2c(ccc(-c3ccccc3)c2-c2ccccc2C(C)C)[CH]1[Zr]([Cl])([Cl])([CH]1C(CC)=Cc2c1ccc(-c1ccccc1)c2-c1ccccc1C(C)C)[SiH](C)C. The summed E-state index contributed by atoms with van der Waals surface area (Å²) < 4.78 is 0.0506. The number of rotatable bonds is 11. The molecule has 0 spiro atoms. The third-order valence-corrected chi connectivity index (χ3v) is 65.3. The van der Waals surface area contributed by atoms with Gasteiger partial charge in [0.1, 0.15) is 0 Å². The molecule has 8 rings (SSSR count). The van der Waals surface area contributed by atoms with Gasteiger partial charge in [0, 0.05) is 0 Å². The van der Waals surface area contributed by atoms with Crippen molar-refractivity contribution in [3.05, 3.63) is 178 Å². The second kappa shape index (κ2) is 16.2. The predicted octanol–water partition coefficient (Wildman–Crippen LogP) is 17.0. The van der Waals surface area contributed by atoms with Crippen LogP contribution in [0.3, 0.4) is 0 Å². The summed E-state index contributed by atoms with van der Waals surface area (Å²) in [5.74, 6) is -1.01. The van der Waals surface area contributed by atoms with E-state index in [4.69, 9.17) is 17.0 Å². The molecule has 0 amide bonds. The number of allylic oxidation sites excluding steroid dienone is 2. The normalized spacial score (nSPS) is 16.9. The Labute approximate surface area is 356 Å². The molecule has 0 aliphatic heterocycles. The van der Waals surface area contributed by atoms with Gasteiger partial charge in [-0.15, -0.1) is 0 Å². The summed E-state index contributed by atoms with van der Waals surface area (Å²) in [4.78, 5) is 0. The summed E-state index contributed by atoms with van der Waals surface area (Å²) in [6, 6.07) is 49.5. The van der Waals surface area contributed by atoms with Crippen LogP contribution in [0.2, 0.25) is 13.1 Å². The predicted molar refractivity (Wildman–Crippen MR) is 255 cm³/mol. The van der Waals surface area contributed by atoms with Crippen molar-refractivity contribution < 1.29 is 15.6 Å². The van der Waals surface area contributed by atoms with Gasteiger partial charge in [0.15, 0.2) is 0 Å². The van der Waals surface area contributed by atoms with E-state index < -0.39 is 21.5 Å².